The molecule has 0 amide bonds. The molecular formula is C14H19FNS. The van der Waals surface area contributed by atoms with Gasteiger partial charge in [-0.2, -0.15) is 0 Å². The van der Waals surface area contributed by atoms with E-state index < -0.39 is 0 Å². The molecule has 1 aliphatic rings. The van der Waals surface area contributed by atoms with Gasteiger partial charge in [0.1, 0.15) is 5.82 Å². The van der Waals surface area contributed by atoms with Crippen LogP contribution in [0.5, 0.6) is 0 Å². The Labute approximate surface area is 107 Å². The number of rotatable bonds is 5. The predicted molar refractivity (Wildman–Crippen MR) is 71.7 cm³/mol. The number of likely N-dealkylation sites (tertiary alicyclic amines) is 1. The van der Waals surface area contributed by atoms with Gasteiger partial charge in [-0.3, -0.25) is 0 Å². The first-order valence-electron chi connectivity index (χ1n) is 6.27. The van der Waals surface area contributed by atoms with Crippen molar-refractivity contribution in [2.24, 2.45) is 0 Å². The van der Waals surface area contributed by atoms with E-state index in [1.165, 1.54) is 55.9 Å². The smallest absolute Gasteiger partial charge is 0.123 e. The molecule has 17 heavy (non-hydrogen) atoms. The quantitative estimate of drug-likeness (QED) is 0.582. The number of thioether (sulfide) groups is 1. The van der Waals surface area contributed by atoms with Gasteiger partial charge in [-0.25, -0.2) is 4.39 Å². The summed E-state index contributed by atoms with van der Waals surface area (Å²) in [5.41, 5.74) is 0. The van der Waals surface area contributed by atoms with Gasteiger partial charge in [0.2, 0.25) is 0 Å². The molecule has 0 saturated carbocycles. The number of halogens is 1. The molecule has 1 aromatic rings. The molecule has 0 atom stereocenters. The third-order valence-corrected chi connectivity index (χ3v) is 4.10. The average molecular weight is 252 g/mol. The molecule has 1 heterocycles. The Balaban J connectivity index is 1.60. The van der Waals surface area contributed by atoms with Crippen LogP contribution in [0.1, 0.15) is 19.3 Å². The van der Waals surface area contributed by atoms with Crippen LogP contribution in [-0.4, -0.2) is 30.3 Å². The van der Waals surface area contributed by atoms with Crippen LogP contribution in [0.15, 0.2) is 29.2 Å². The van der Waals surface area contributed by atoms with Gasteiger partial charge in [0.25, 0.3) is 0 Å². The van der Waals surface area contributed by atoms with Crippen LogP contribution < -0.4 is 0 Å². The van der Waals surface area contributed by atoms with Crippen LogP contribution in [0.3, 0.4) is 0 Å². The lowest BCUT2D eigenvalue weighted by molar-refractivity contribution is 0.255. The molecule has 1 saturated heterocycles. The van der Waals surface area contributed by atoms with Crippen LogP contribution in [-0.2, 0) is 0 Å². The van der Waals surface area contributed by atoms with Gasteiger partial charge in [0, 0.05) is 4.90 Å². The maximum atomic E-state index is 12.7. The molecule has 1 radical (unpaired) electrons. The van der Waals surface area contributed by atoms with E-state index in [9.17, 15) is 4.39 Å². The zero-order valence-corrected chi connectivity index (χ0v) is 10.9. The van der Waals surface area contributed by atoms with E-state index in [1.54, 1.807) is 0 Å². The largest absolute Gasteiger partial charge is 0.303 e. The second-order valence-electron chi connectivity index (χ2n) is 4.36. The Bertz CT molecular complexity index is 319. The summed E-state index contributed by atoms with van der Waals surface area (Å²) in [5, 5.41) is 0. The minimum absolute atomic E-state index is 0.154. The summed E-state index contributed by atoms with van der Waals surface area (Å²) in [6.45, 7) is 3.64. The minimum atomic E-state index is -0.154. The van der Waals surface area contributed by atoms with Gasteiger partial charge in [0.15, 0.2) is 0 Å². The highest BCUT2D eigenvalue weighted by molar-refractivity contribution is 7.99. The van der Waals surface area contributed by atoms with E-state index in [-0.39, 0.29) is 5.82 Å². The molecule has 0 bridgehead atoms. The Morgan fingerprint density at radius 2 is 1.82 bits per heavy atom. The van der Waals surface area contributed by atoms with Crippen LogP contribution in [0.4, 0.5) is 4.39 Å². The third-order valence-electron chi connectivity index (χ3n) is 3.00. The van der Waals surface area contributed by atoms with Gasteiger partial charge >= 0.3 is 0 Å². The van der Waals surface area contributed by atoms with Crippen molar-refractivity contribution in [2.75, 3.05) is 25.4 Å². The van der Waals surface area contributed by atoms with E-state index in [4.69, 9.17) is 0 Å². The molecule has 0 unspecified atom stereocenters. The highest BCUT2D eigenvalue weighted by Crippen LogP contribution is 2.19. The van der Waals surface area contributed by atoms with Gasteiger partial charge in [0.05, 0.1) is 0 Å². The number of benzene rings is 1. The molecule has 93 valence electrons. The normalized spacial score (nSPS) is 17.2. The first kappa shape index (κ1) is 12.9. The Morgan fingerprint density at radius 1 is 1.12 bits per heavy atom. The standard InChI is InChI=1S/C14H19FNS/c15-13-5-7-14(8-6-13)17-12-4-11-16-9-2-1-3-10-16/h1,5-8H,2-4,9-12H2. The zero-order valence-electron chi connectivity index (χ0n) is 10.1. The summed E-state index contributed by atoms with van der Waals surface area (Å²) < 4.78 is 12.7. The summed E-state index contributed by atoms with van der Waals surface area (Å²) in [7, 11) is 0. The van der Waals surface area contributed by atoms with Gasteiger partial charge < -0.3 is 4.90 Å². The SMILES string of the molecule is Fc1ccc(SCCCN2CC[CH]CC2)cc1. The number of hydrogen-bond donors (Lipinski definition) is 0. The fourth-order valence-corrected chi connectivity index (χ4v) is 2.87. The van der Waals surface area contributed by atoms with Crippen molar-refractivity contribution in [1.29, 1.82) is 0 Å². The number of piperidine rings is 1. The second kappa shape index (κ2) is 7.02. The van der Waals surface area contributed by atoms with Gasteiger partial charge in [-0.05, 0) is 75.3 Å². The monoisotopic (exact) mass is 252 g/mol. The van der Waals surface area contributed by atoms with E-state index in [2.05, 4.69) is 11.3 Å². The third kappa shape index (κ3) is 4.68. The molecule has 0 spiro atoms. The topological polar surface area (TPSA) is 3.24 Å². The minimum Gasteiger partial charge on any atom is -0.303 e. The molecule has 0 aromatic heterocycles. The molecule has 1 fully saturated rings. The molecule has 1 aliphatic heterocycles. The molecule has 1 aromatic carbocycles. The number of hydrogen-bond acceptors (Lipinski definition) is 2. The summed E-state index contributed by atoms with van der Waals surface area (Å²) in [6.07, 6.45) is 6.07. The fraction of sp³-hybridized carbons (Fsp3) is 0.500. The summed E-state index contributed by atoms with van der Waals surface area (Å²) in [5.74, 6) is 0.963. The summed E-state index contributed by atoms with van der Waals surface area (Å²) >= 11 is 1.82. The van der Waals surface area contributed by atoms with Crippen LogP contribution in [0, 0.1) is 12.2 Å². The van der Waals surface area contributed by atoms with Crippen molar-refractivity contribution in [1.82, 2.24) is 4.90 Å². The molecular weight excluding hydrogens is 233 g/mol. The lowest BCUT2D eigenvalue weighted by atomic mass is 10.1. The molecule has 0 aliphatic carbocycles. The van der Waals surface area contributed by atoms with Gasteiger partial charge in [-0.1, -0.05) is 0 Å². The molecule has 0 N–H and O–H groups in total. The van der Waals surface area contributed by atoms with Crippen molar-refractivity contribution in [3.63, 3.8) is 0 Å². The highest BCUT2D eigenvalue weighted by atomic mass is 32.2. The second-order valence-corrected chi connectivity index (χ2v) is 5.53. The lowest BCUT2D eigenvalue weighted by Crippen LogP contribution is -2.31. The average Bonchev–Trinajstić information content (AvgIpc) is 2.38. The van der Waals surface area contributed by atoms with Crippen molar-refractivity contribution in [2.45, 2.75) is 24.2 Å². The summed E-state index contributed by atoms with van der Waals surface area (Å²) in [4.78, 5) is 3.70. The predicted octanol–water partition coefficient (Wildman–Crippen LogP) is 3.61. The maximum absolute atomic E-state index is 12.7. The molecule has 2 rings (SSSR count). The van der Waals surface area contributed by atoms with Crippen LogP contribution >= 0.6 is 11.8 Å². The lowest BCUT2D eigenvalue weighted by Gasteiger charge is -2.25. The van der Waals surface area contributed by atoms with Gasteiger partial charge in [-0.15, -0.1) is 11.8 Å². The first-order valence-corrected chi connectivity index (χ1v) is 7.25. The summed E-state index contributed by atoms with van der Waals surface area (Å²) in [6, 6.07) is 6.78. The van der Waals surface area contributed by atoms with Crippen LogP contribution in [0.2, 0.25) is 0 Å². The highest BCUT2D eigenvalue weighted by Gasteiger charge is 2.08. The van der Waals surface area contributed by atoms with E-state index in [0.717, 1.165) is 5.75 Å². The van der Waals surface area contributed by atoms with Crippen molar-refractivity contribution in [3.05, 3.63) is 36.5 Å². The number of nitrogens with zero attached hydrogens (tertiary/aromatic N) is 1. The fourth-order valence-electron chi connectivity index (χ4n) is 2.04. The van der Waals surface area contributed by atoms with Crippen LogP contribution in [0.25, 0.3) is 0 Å². The van der Waals surface area contributed by atoms with Crippen molar-refractivity contribution in [3.8, 4) is 0 Å². The Hall–Kier alpha value is -0.540. The maximum Gasteiger partial charge on any atom is 0.123 e. The molecule has 3 heteroatoms. The Kier molecular flexibility index (Phi) is 5.33. The first-order chi connectivity index (χ1) is 8.34. The van der Waals surface area contributed by atoms with Crippen molar-refractivity contribution < 1.29 is 4.39 Å². The van der Waals surface area contributed by atoms with E-state index >= 15 is 0 Å². The zero-order chi connectivity index (χ0) is 11.9. The van der Waals surface area contributed by atoms with E-state index in [1.807, 2.05) is 23.9 Å². The molecule has 1 nitrogen and oxygen atoms in total. The van der Waals surface area contributed by atoms with E-state index in [0.29, 0.717) is 0 Å². The Morgan fingerprint density at radius 3 is 2.53 bits per heavy atom. The van der Waals surface area contributed by atoms with Crippen molar-refractivity contribution >= 4 is 11.8 Å².